The lowest BCUT2D eigenvalue weighted by atomic mass is 10.2. The predicted molar refractivity (Wildman–Crippen MR) is 71.8 cm³/mol. The highest BCUT2D eigenvalue weighted by Crippen LogP contribution is 2.26. The van der Waals surface area contributed by atoms with Crippen molar-refractivity contribution >= 4 is 23.2 Å². The first-order chi connectivity index (χ1) is 8.70. The van der Waals surface area contributed by atoms with Crippen molar-refractivity contribution in [1.82, 2.24) is 9.97 Å². The average Bonchev–Trinajstić information content (AvgIpc) is 2.36. The van der Waals surface area contributed by atoms with E-state index >= 15 is 0 Å². The van der Waals surface area contributed by atoms with Gasteiger partial charge in [0.2, 0.25) is 5.75 Å². The Morgan fingerprint density at radius 2 is 2.22 bits per heavy atom. The minimum Gasteiger partial charge on any atom is -0.490 e. The predicted octanol–water partition coefficient (Wildman–Crippen LogP) is 2.33. The normalized spacial score (nSPS) is 10.1. The molecule has 2 rings (SSSR count). The Kier molecular flexibility index (Phi) is 3.84. The SMILES string of the molecule is COc1c(N)ncnc1NCc1cccc(Cl)c1. The molecule has 5 nitrogen and oxygen atoms in total. The largest absolute Gasteiger partial charge is 0.490 e. The maximum atomic E-state index is 5.91. The number of hydrogen-bond donors (Lipinski definition) is 2. The highest BCUT2D eigenvalue weighted by Gasteiger charge is 2.08. The summed E-state index contributed by atoms with van der Waals surface area (Å²) in [7, 11) is 1.53. The van der Waals surface area contributed by atoms with Crippen molar-refractivity contribution < 1.29 is 4.74 Å². The standard InChI is InChI=1S/C12H13ClN4O/c1-18-10-11(14)16-7-17-12(10)15-6-8-3-2-4-9(13)5-8/h2-5,7H,6H2,1H3,(H3,14,15,16,17). The Balaban J connectivity index is 2.13. The molecule has 0 aliphatic heterocycles. The van der Waals surface area contributed by atoms with E-state index in [1.807, 2.05) is 24.3 Å². The third-order valence-corrected chi connectivity index (χ3v) is 2.62. The zero-order chi connectivity index (χ0) is 13.0. The monoisotopic (exact) mass is 264 g/mol. The van der Waals surface area contributed by atoms with E-state index < -0.39 is 0 Å². The Morgan fingerprint density at radius 1 is 1.39 bits per heavy atom. The minimum atomic E-state index is 0.307. The summed E-state index contributed by atoms with van der Waals surface area (Å²) in [5, 5.41) is 3.83. The Labute approximate surface area is 110 Å². The van der Waals surface area contributed by atoms with Crippen LogP contribution < -0.4 is 15.8 Å². The lowest BCUT2D eigenvalue weighted by molar-refractivity contribution is 0.415. The maximum absolute atomic E-state index is 5.91. The quantitative estimate of drug-likeness (QED) is 0.887. The highest BCUT2D eigenvalue weighted by atomic mass is 35.5. The van der Waals surface area contributed by atoms with Gasteiger partial charge in [-0.1, -0.05) is 23.7 Å². The molecule has 0 saturated heterocycles. The first kappa shape index (κ1) is 12.4. The van der Waals surface area contributed by atoms with E-state index in [-0.39, 0.29) is 0 Å². The van der Waals surface area contributed by atoms with E-state index in [4.69, 9.17) is 22.1 Å². The van der Waals surface area contributed by atoms with Gasteiger partial charge in [-0.25, -0.2) is 9.97 Å². The summed E-state index contributed by atoms with van der Waals surface area (Å²) < 4.78 is 5.15. The molecule has 0 aliphatic carbocycles. The van der Waals surface area contributed by atoms with Gasteiger partial charge in [0, 0.05) is 11.6 Å². The summed E-state index contributed by atoms with van der Waals surface area (Å²) in [6.45, 7) is 0.577. The summed E-state index contributed by atoms with van der Waals surface area (Å²) >= 11 is 5.91. The molecule has 0 amide bonds. The van der Waals surface area contributed by atoms with Crippen LogP contribution in [-0.4, -0.2) is 17.1 Å². The van der Waals surface area contributed by atoms with Crippen molar-refractivity contribution in [2.45, 2.75) is 6.54 Å². The van der Waals surface area contributed by atoms with Crippen LogP contribution in [0.15, 0.2) is 30.6 Å². The van der Waals surface area contributed by atoms with E-state index in [1.54, 1.807) is 0 Å². The molecule has 0 aliphatic rings. The second-order valence-corrected chi connectivity index (χ2v) is 4.06. The summed E-state index contributed by atoms with van der Waals surface area (Å²) in [5.74, 6) is 1.31. The number of nitrogens with zero attached hydrogens (tertiary/aromatic N) is 2. The van der Waals surface area contributed by atoms with Crippen LogP contribution in [0.25, 0.3) is 0 Å². The molecule has 1 aromatic carbocycles. The molecule has 1 aromatic heterocycles. The molecular weight excluding hydrogens is 252 g/mol. The zero-order valence-corrected chi connectivity index (χ0v) is 10.6. The second-order valence-electron chi connectivity index (χ2n) is 3.62. The fraction of sp³-hybridized carbons (Fsp3) is 0.167. The molecule has 0 saturated carbocycles. The smallest absolute Gasteiger partial charge is 0.203 e. The van der Waals surface area contributed by atoms with Crippen molar-refractivity contribution in [3.63, 3.8) is 0 Å². The number of hydrogen-bond acceptors (Lipinski definition) is 5. The Bertz CT molecular complexity index is 547. The summed E-state index contributed by atoms with van der Waals surface area (Å²) in [6, 6.07) is 7.57. The van der Waals surface area contributed by atoms with Crippen LogP contribution in [0.5, 0.6) is 5.75 Å². The summed E-state index contributed by atoms with van der Waals surface area (Å²) in [6.07, 6.45) is 1.39. The van der Waals surface area contributed by atoms with Gasteiger partial charge in [0.05, 0.1) is 7.11 Å². The van der Waals surface area contributed by atoms with Gasteiger partial charge in [-0.2, -0.15) is 0 Å². The van der Waals surface area contributed by atoms with Crippen LogP contribution in [0, 0.1) is 0 Å². The first-order valence-electron chi connectivity index (χ1n) is 5.33. The van der Waals surface area contributed by atoms with Gasteiger partial charge in [-0.15, -0.1) is 0 Å². The number of ether oxygens (including phenoxy) is 1. The molecule has 6 heteroatoms. The van der Waals surface area contributed by atoms with Crippen molar-refractivity contribution in [2.24, 2.45) is 0 Å². The Hall–Kier alpha value is -2.01. The van der Waals surface area contributed by atoms with Crippen molar-refractivity contribution in [3.05, 3.63) is 41.2 Å². The number of rotatable bonds is 4. The van der Waals surface area contributed by atoms with Gasteiger partial charge in [-0.3, -0.25) is 0 Å². The fourth-order valence-electron chi connectivity index (χ4n) is 1.55. The number of methoxy groups -OCH3 is 1. The third kappa shape index (κ3) is 2.81. The van der Waals surface area contributed by atoms with Gasteiger partial charge in [0.1, 0.15) is 6.33 Å². The molecule has 3 N–H and O–H groups in total. The number of benzene rings is 1. The van der Waals surface area contributed by atoms with Crippen LogP contribution in [0.3, 0.4) is 0 Å². The molecule has 18 heavy (non-hydrogen) atoms. The third-order valence-electron chi connectivity index (χ3n) is 2.38. The van der Waals surface area contributed by atoms with Gasteiger partial charge in [0.25, 0.3) is 0 Å². The number of nitrogen functional groups attached to an aromatic ring is 1. The number of halogens is 1. The second kappa shape index (κ2) is 5.55. The van der Waals surface area contributed by atoms with E-state index in [0.29, 0.717) is 29.0 Å². The molecule has 0 fully saturated rings. The van der Waals surface area contributed by atoms with Crippen LogP contribution >= 0.6 is 11.6 Å². The van der Waals surface area contributed by atoms with Crippen LogP contribution in [0.4, 0.5) is 11.6 Å². The van der Waals surface area contributed by atoms with Gasteiger partial charge in [-0.05, 0) is 17.7 Å². The molecule has 2 aromatic rings. The first-order valence-corrected chi connectivity index (χ1v) is 5.71. The van der Waals surface area contributed by atoms with Gasteiger partial charge < -0.3 is 15.8 Å². The lowest BCUT2D eigenvalue weighted by Crippen LogP contribution is -2.06. The molecule has 0 atom stereocenters. The zero-order valence-electron chi connectivity index (χ0n) is 9.85. The average molecular weight is 265 g/mol. The Morgan fingerprint density at radius 3 is 2.94 bits per heavy atom. The maximum Gasteiger partial charge on any atom is 0.203 e. The summed E-state index contributed by atoms with van der Waals surface area (Å²) in [5.41, 5.74) is 6.73. The molecule has 0 unspecified atom stereocenters. The number of aromatic nitrogens is 2. The molecule has 1 heterocycles. The number of anilines is 2. The summed E-state index contributed by atoms with van der Waals surface area (Å²) in [4.78, 5) is 7.95. The van der Waals surface area contributed by atoms with Crippen LogP contribution in [0.2, 0.25) is 5.02 Å². The molecule has 0 bridgehead atoms. The van der Waals surface area contributed by atoms with E-state index in [9.17, 15) is 0 Å². The lowest BCUT2D eigenvalue weighted by Gasteiger charge is -2.11. The van der Waals surface area contributed by atoms with Crippen molar-refractivity contribution in [3.8, 4) is 5.75 Å². The highest BCUT2D eigenvalue weighted by molar-refractivity contribution is 6.30. The molecular formula is C12H13ClN4O. The van der Waals surface area contributed by atoms with Crippen LogP contribution in [-0.2, 0) is 6.54 Å². The van der Waals surface area contributed by atoms with E-state index in [2.05, 4.69) is 15.3 Å². The number of nitrogens with one attached hydrogen (secondary N) is 1. The van der Waals surface area contributed by atoms with Gasteiger partial charge in [0.15, 0.2) is 11.6 Å². The fourth-order valence-corrected chi connectivity index (χ4v) is 1.76. The molecule has 0 spiro atoms. The van der Waals surface area contributed by atoms with E-state index in [1.165, 1.54) is 13.4 Å². The minimum absolute atomic E-state index is 0.307. The van der Waals surface area contributed by atoms with E-state index in [0.717, 1.165) is 5.56 Å². The van der Waals surface area contributed by atoms with Crippen molar-refractivity contribution in [2.75, 3.05) is 18.2 Å². The van der Waals surface area contributed by atoms with Crippen molar-refractivity contribution in [1.29, 1.82) is 0 Å². The topological polar surface area (TPSA) is 73.1 Å². The molecule has 0 radical (unpaired) electrons. The number of nitrogens with two attached hydrogens (primary N) is 1. The molecule has 94 valence electrons. The van der Waals surface area contributed by atoms with Gasteiger partial charge >= 0.3 is 0 Å². The van der Waals surface area contributed by atoms with Crippen LogP contribution in [0.1, 0.15) is 5.56 Å².